The predicted molar refractivity (Wildman–Crippen MR) is 101 cm³/mol. The van der Waals surface area contributed by atoms with Crippen LogP contribution < -0.4 is 0 Å². The molecule has 15 atom stereocenters. The third-order valence-corrected chi connectivity index (χ3v) is 6.82. The Kier molecular flexibility index (Phi) is 8.23. The van der Waals surface area contributed by atoms with Gasteiger partial charge >= 0.3 is 0 Å². The maximum atomic E-state index is 11.5. The molecule has 200 valence electrons. The van der Waals surface area contributed by atoms with Crippen LogP contribution in [0.15, 0.2) is 0 Å². The van der Waals surface area contributed by atoms with E-state index in [-0.39, 0.29) is 0 Å². The highest BCUT2D eigenvalue weighted by Crippen LogP contribution is 2.46. The smallest absolute Gasteiger partial charge is 0.187 e. The normalized spacial score (nSPS) is 56.9. The highest BCUT2D eigenvalue weighted by Gasteiger charge is 2.71. The van der Waals surface area contributed by atoms with Gasteiger partial charge in [-0.2, -0.15) is 0 Å². The van der Waals surface area contributed by atoms with Crippen molar-refractivity contribution in [1.29, 1.82) is 0 Å². The van der Waals surface area contributed by atoms with Crippen LogP contribution in [0.2, 0.25) is 0 Å². The van der Waals surface area contributed by atoms with Crippen LogP contribution in [-0.2, 0) is 18.9 Å². The lowest BCUT2D eigenvalue weighted by molar-refractivity contribution is -0.423. The molecular weight excluding hydrogens is 472 g/mol. The Morgan fingerprint density at radius 3 is 1.79 bits per heavy atom. The summed E-state index contributed by atoms with van der Waals surface area (Å²) in [5, 5.41) is 123. The minimum atomic E-state index is -3.07. The van der Waals surface area contributed by atoms with Gasteiger partial charge in [0.2, 0.25) is 0 Å². The van der Waals surface area contributed by atoms with E-state index >= 15 is 0 Å². The molecule has 3 aliphatic rings. The van der Waals surface area contributed by atoms with Crippen LogP contribution in [0.25, 0.3) is 0 Å². The van der Waals surface area contributed by atoms with Crippen LogP contribution in [0.5, 0.6) is 0 Å². The molecule has 3 saturated heterocycles. The van der Waals surface area contributed by atoms with Crippen LogP contribution in [0, 0.1) is 0 Å². The Balaban J connectivity index is 1.98. The first-order valence-electron chi connectivity index (χ1n) is 10.5. The van der Waals surface area contributed by atoms with E-state index in [1.165, 1.54) is 0 Å². The van der Waals surface area contributed by atoms with E-state index in [4.69, 9.17) is 18.9 Å². The maximum absolute atomic E-state index is 11.5. The van der Waals surface area contributed by atoms with Crippen LogP contribution in [-0.4, -0.2) is 166 Å². The van der Waals surface area contributed by atoms with Crippen molar-refractivity contribution in [3.63, 3.8) is 0 Å². The van der Waals surface area contributed by atoms with Gasteiger partial charge in [-0.05, 0) is 6.92 Å². The molecule has 0 spiro atoms. The van der Waals surface area contributed by atoms with Gasteiger partial charge in [0.1, 0.15) is 66.6 Å². The SMILES string of the molecule is C[C@]1([C@]2(O)[C@@H](O)[C@H](O[C@H]3[C@H](O)C(O)C(O)O[C@@H]3CO)O[C@H](CO)[C@@H]2O)OC(O)[C@@H](O)[C@H](O)[C@@H]1O. The van der Waals surface area contributed by atoms with Crippen molar-refractivity contribution in [2.24, 2.45) is 0 Å². The number of hydrogen-bond acceptors (Lipinski definition) is 16. The number of aliphatic hydroxyl groups excluding tert-OH is 11. The average molecular weight is 504 g/mol. The van der Waals surface area contributed by atoms with Gasteiger partial charge in [0.15, 0.2) is 24.5 Å². The number of rotatable bonds is 5. The van der Waals surface area contributed by atoms with Crippen molar-refractivity contribution in [3.05, 3.63) is 0 Å². The molecule has 3 aliphatic heterocycles. The van der Waals surface area contributed by atoms with Crippen molar-refractivity contribution in [2.75, 3.05) is 13.2 Å². The zero-order valence-electron chi connectivity index (χ0n) is 17.9. The molecule has 0 saturated carbocycles. The quantitative estimate of drug-likeness (QED) is 0.165. The van der Waals surface area contributed by atoms with Gasteiger partial charge in [-0.3, -0.25) is 0 Å². The predicted octanol–water partition coefficient (Wildman–Crippen LogP) is -7.84. The fraction of sp³-hybridized carbons (Fsp3) is 1.00. The fourth-order valence-electron chi connectivity index (χ4n) is 4.62. The van der Waals surface area contributed by atoms with Crippen molar-refractivity contribution in [2.45, 2.75) is 98.0 Å². The second-order valence-corrected chi connectivity index (χ2v) is 8.81. The number of ether oxygens (including phenoxy) is 4. The highest BCUT2D eigenvalue weighted by molar-refractivity contribution is 5.18. The molecule has 12 N–H and O–H groups in total. The van der Waals surface area contributed by atoms with Crippen LogP contribution in [0.4, 0.5) is 0 Å². The van der Waals surface area contributed by atoms with Crippen LogP contribution >= 0.6 is 0 Å². The Morgan fingerprint density at radius 1 is 0.676 bits per heavy atom. The Morgan fingerprint density at radius 2 is 1.24 bits per heavy atom. The summed E-state index contributed by atoms with van der Waals surface area (Å²) < 4.78 is 20.8. The van der Waals surface area contributed by atoms with Crippen molar-refractivity contribution >= 4 is 0 Å². The van der Waals surface area contributed by atoms with E-state index < -0.39 is 104 Å². The van der Waals surface area contributed by atoms with Gasteiger partial charge in [0.05, 0.1) is 13.2 Å². The minimum absolute atomic E-state index is 0.847. The molecule has 0 amide bonds. The van der Waals surface area contributed by atoms with Crippen molar-refractivity contribution < 1.29 is 80.2 Å². The third kappa shape index (κ3) is 4.16. The van der Waals surface area contributed by atoms with E-state index in [2.05, 4.69) is 0 Å². The van der Waals surface area contributed by atoms with Crippen LogP contribution in [0.3, 0.4) is 0 Å². The van der Waals surface area contributed by atoms with E-state index in [1.54, 1.807) is 0 Å². The summed E-state index contributed by atoms with van der Waals surface area (Å²) >= 11 is 0. The number of hydrogen-bond donors (Lipinski definition) is 12. The molecule has 0 radical (unpaired) electrons. The molecule has 34 heavy (non-hydrogen) atoms. The van der Waals surface area contributed by atoms with E-state index in [0.29, 0.717) is 0 Å². The van der Waals surface area contributed by atoms with Crippen molar-refractivity contribution in [3.8, 4) is 0 Å². The molecule has 3 rings (SSSR count). The highest BCUT2D eigenvalue weighted by atomic mass is 16.7. The lowest BCUT2D eigenvalue weighted by Gasteiger charge is -2.59. The van der Waals surface area contributed by atoms with E-state index in [1.807, 2.05) is 0 Å². The second-order valence-electron chi connectivity index (χ2n) is 8.81. The van der Waals surface area contributed by atoms with E-state index in [9.17, 15) is 61.3 Å². The van der Waals surface area contributed by atoms with Gasteiger partial charge in [0, 0.05) is 0 Å². The Labute approximate surface area is 192 Å². The topological polar surface area (TPSA) is 280 Å². The number of aliphatic hydroxyl groups is 12. The third-order valence-electron chi connectivity index (χ3n) is 6.82. The first-order valence-corrected chi connectivity index (χ1v) is 10.5. The summed E-state index contributed by atoms with van der Waals surface area (Å²) in [7, 11) is 0. The molecule has 0 aromatic rings. The molecule has 3 unspecified atom stereocenters. The summed E-state index contributed by atoms with van der Waals surface area (Å²) in [6.07, 6.45) is -25.9. The second kappa shape index (κ2) is 10.0. The van der Waals surface area contributed by atoms with Gasteiger partial charge < -0.3 is 80.2 Å². The Bertz CT molecular complexity index is 697. The lowest BCUT2D eigenvalue weighted by Crippen LogP contribution is -2.82. The standard InChI is InChI=1S/C18H32O16/c1-17(12(26)7(22)9(24)15(29)34-17)18(30)11(25)5(3-20)32-16(13(18)27)33-10-4(2-19)31-14(28)8(23)6(10)21/h4-16,19-30H,2-3H2,1H3/t4-,5-,6-,7+,8?,9+,10-,11+,12+,13+,14?,15?,16+,17+,18-/m1/s1. The summed E-state index contributed by atoms with van der Waals surface area (Å²) in [6.45, 7) is -0.945. The molecule has 16 nitrogen and oxygen atoms in total. The summed E-state index contributed by atoms with van der Waals surface area (Å²) in [4.78, 5) is 0. The lowest BCUT2D eigenvalue weighted by atomic mass is 9.67. The molecule has 3 fully saturated rings. The molecular formula is C18H32O16. The molecule has 0 aliphatic carbocycles. The fourth-order valence-corrected chi connectivity index (χ4v) is 4.62. The minimum Gasteiger partial charge on any atom is -0.394 e. The molecule has 0 aromatic heterocycles. The van der Waals surface area contributed by atoms with Gasteiger partial charge in [-0.15, -0.1) is 0 Å². The van der Waals surface area contributed by atoms with Crippen molar-refractivity contribution in [1.82, 2.24) is 0 Å². The zero-order chi connectivity index (χ0) is 25.7. The summed E-state index contributed by atoms with van der Waals surface area (Å²) in [6, 6.07) is 0. The van der Waals surface area contributed by atoms with Gasteiger partial charge in [-0.1, -0.05) is 0 Å². The summed E-state index contributed by atoms with van der Waals surface area (Å²) in [5.74, 6) is 0. The monoisotopic (exact) mass is 504 g/mol. The first kappa shape index (κ1) is 27.9. The molecule has 0 aromatic carbocycles. The maximum Gasteiger partial charge on any atom is 0.187 e. The molecule has 16 heteroatoms. The van der Waals surface area contributed by atoms with Gasteiger partial charge in [0.25, 0.3) is 0 Å². The van der Waals surface area contributed by atoms with Crippen LogP contribution in [0.1, 0.15) is 6.92 Å². The summed E-state index contributed by atoms with van der Waals surface area (Å²) in [5.41, 5.74) is -5.69. The Hall–Kier alpha value is -0.640. The van der Waals surface area contributed by atoms with Gasteiger partial charge in [-0.25, -0.2) is 0 Å². The zero-order valence-corrected chi connectivity index (χ0v) is 17.9. The van der Waals surface area contributed by atoms with E-state index in [0.717, 1.165) is 6.92 Å². The molecule has 3 heterocycles. The largest absolute Gasteiger partial charge is 0.394 e. The average Bonchev–Trinajstić information content (AvgIpc) is 2.81. The first-order chi connectivity index (χ1) is 15.8. The molecule has 0 bridgehead atoms.